The van der Waals surface area contributed by atoms with Gasteiger partial charge in [0, 0.05) is 18.2 Å². The highest BCUT2D eigenvalue weighted by Crippen LogP contribution is 2.30. The third-order valence-corrected chi connectivity index (χ3v) is 2.67. The largest absolute Gasteiger partial charge is 0.496 e. The molecule has 16 heavy (non-hydrogen) atoms. The summed E-state index contributed by atoms with van der Waals surface area (Å²) in [6.45, 7) is 1.86. The van der Waals surface area contributed by atoms with Gasteiger partial charge in [-0.2, -0.15) is 0 Å². The normalized spacial score (nSPS) is 14.6. The first-order chi connectivity index (χ1) is 7.61. The summed E-state index contributed by atoms with van der Waals surface area (Å²) in [5.74, 6) is 0.626. The number of nitrogens with two attached hydrogens (primary N) is 1. The van der Waals surface area contributed by atoms with E-state index in [0.29, 0.717) is 17.7 Å². The molecular weight excluding hydrogens is 206 g/mol. The number of hydrogen-bond donors (Lipinski definition) is 3. The zero-order valence-corrected chi connectivity index (χ0v) is 9.68. The van der Waals surface area contributed by atoms with Crippen LogP contribution in [0.3, 0.4) is 0 Å². The Labute approximate surface area is 95.7 Å². The van der Waals surface area contributed by atoms with Crippen molar-refractivity contribution in [3.63, 3.8) is 0 Å². The van der Waals surface area contributed by atoms with Gasteiger partial charge in [0.1, 0.15) is 5.75 Å². The average molecular weight is 225 g/mol. The monoisotopic (exact) mass is 225 g/mol. The van der Waals surface area contributed by atoms with Crippen molar-refractivity contribution in [2.45, 2.75) is 25.5 Å². The van der Waals surface area contributed by atoms with Gasteiger partial charge in [0.05, 0.1) is 13.2 Å². The maximum atomic E-state index is 10.1. The molecule has 1 rings (SSSR count). The molecule has 0 bridgehead atoms. The van der Waals surface area contributed by atoms with Gasteiger partial charge in [-0.1, -0.05) is 12.1 Å². The van der Waals surface area contributed by atoms with Crippen molar-refractivity contribution in [1.29, 1.82) is 0 Å². The van der Waals surface area contributed by atoms with Crippen LogP contribution in [0.1, 0.15) is 23.7 Å². The van der Waals surface area contributed by atoms with E-state index in [1.165, 1.54) is 0 Å². The number of ether oxygens (including phenoxy) is 1. The lowest BCUT2D eigenvalue weighted by Gasteiger charge is -2.22. The van der Waals surface area contributed by atoms with Crippen LogP contribution in [0.25, 0.3) is 0 Å². The highest BCUT2D eigenvalue weighted by Gasteiger charge is 2.21. The molecule has 1 aromatic rings. The fourth-order valence-electron chi connectivity index (χ4n) is 1.73. The van der Waals surface area contributed by atoms with Gasteiger partial charge in [-0.05, 0) is 25.0 Å². The number of benzene rings is 1. The van der Waals surface area contributed by atoms with Crippen LogP contribution in [0.15, 0.2) is 18.2 Å². The predicted octanol–water partition coefficient (Wildman–Crippen LogP) is 0.747. The third-order valence-electron chi connectivity index (χ3n) is 2.67. The lowest BCUT2D eigenvalue weighted by molar-refractivity contribution is 0.125. The van der Waals surface area contributed by atoms with Gasteiger partial charge >= 0.3 is 0 Å². The van der Waals surface area contributed by atoms with Crippen molar-refractivity contribution < 1.29 is 14.9 Å². The Kier molecular flexibility index (Phi) is 4.73. The van der Waals surface area contributed by atoms with Gasteiger partial charge in [0.25, 0.3) is 0 Å². The number of aliphatic hydroxyl groups is 2. The molecule has 0 aliphatic carbocycles. The Morgan fingerprint density at radius 1 is 1.44 bits per heavy atom. The van der Waals surface area contributed by atoms with Gasteiger partial charge in [-0.25, -0.2) is 0 Å². The molecule has 4 N–H and O–H groups in total. The van der Waals surface area contributed by atoms with Crippen LogP contribution in [0.2, 0.25) is 0 Å². The smallest absolute Gasteiger partial charge is 0.124 e. The van der Waals surface area contributed by atoms with Crippen LogP contribution in [0.4, 0.5) is 0 Å². The standard InChI is InChI=1S/C12H19NO3/c1-8-4-3-5-10(16-2)11(8)12(15)9(13)6-7-14/h3-5,9,12,14-15H,6-7,13H2,1-2H3. The van der Waals surface area contributed by atoms with E-state index in [1.807, 2.05) is 19.1 Å². The Hall–Kier alpha value is -1.10. The fraction of sp³-hybridized carbons (Fsp3) is 0.500. The molecule has 0 spiro atoms. The fourth-order valence-corrected chi connectivity index (χ4v) is 1.73. The molecule has 90 valence electrons. The Morgan fingerprint density at radius 2 is 2.12 bits per heavy atom. The molecular formula is C12H19NO3. The molecule has 0 aliphatic heterocycles. The van der Waals surface area contributed by atoms with Gasteiger partial charge in [-0.15, -0.1) is 0 Å². The van der Waals surface area contributed by atoms with Crippen LogP contribution in [0, 0.1) is 6.92 Å². The minimum absolute atomic E-state index is 0.0353. The molecule has 4 heteroatoms. The number of aliphatic hydroxyl groups excluding tert-OH is 2. The zero-order valence-electron chi connectivity index (χ0n) is 9.68. The van der Waals surface area contributed by atoms with Crippen LogP contribution < -0.4 is 10.5 Å². The van der Waals surface area contributed by atoms with Gasteiger partial charge < -0.3 is 20.7 Å². The first-order valence-corrected chi connectivity index (χ1v) is 5.29. The second-order valence-corrected chi connectivity index (χ2v) is 3.81. The molecule has 0 saturated heterocycles. The van der Waals surface area contributed by atoms with Crippen LogP contribution in [-0.4, -0.2) is 30.0 Å². The van der Waals surface area contributed by atoms with E-state index < -0.39 is 12.1 Å². The molecule has 1 aromatic carbocycles. The maximum absolute atomic E-state index is 10.1. The molecule has 4 nitrogen and oxygen atoms in total. The summed E-state index contributed by atoms with van der Waals surface area (Å²) >= 11 is 0. The summed E-state index contributed by atoms with van der Waals surface area (Å²) in [7, 11) is 1.56. The minimum Gasteiger partial charge on any atom is -0.496 e. The zero-order chi connectivity index (χ0) is 12.1. The number of rotatable bonds is 5. The SMILES string of the molecule is COc1cccc(C)c1C(O)C(N)CCO. The summed E-state index contributed by atoms with van der Waals surface area (Å²) in [6.07, 6.45) is -0.457. The van der Waals surface area contributed by atoms with Crippen molar-refractivity contribution in [2.24, 2.45) is 5.73 Å². The van der Waals surface area contributed by atoms with Gasteiger partial charge in [0.15, 0.2) is 0 Å². The summed E-state index contributed by atoms with van der Waals surface area (Å²) in [6, 6.07) is 5.06. The summed E-state index contributed by atoms with van der Waals surface area (Å²) in [4.78, 5) is 0. The molecule has 0 radical (unpaired) electrons. The quantitative estimate of drug-likeness (QED) is 0.691. The lowest BCUT2D eigenvalue weighted by Crippen LogP contribution is -2.30. The van der Waals surface area contributed by atoms with Crippen molar-refractivity contribution in [2.75, 3.05) is 13.7 Å². The van der Waals surface area contributed by atoms with Crippen molar-refractivity contribution in [1.82, 2.24) is 0 Å². The maximum Gasteiger partial charge on any atom is 0.124 e. The summed E-state index contributed by atoms with van der Waals surface area (Å²) < 4.78 is 5.20. The van der Waals surface area contributed by atoms with E-state index in [0.717, 1.165) is 5.56 Å². The molecule has 0 fully saturated rings. The number of methoxy groups -OCH3 is 1. The van der Waals surface area contributed by atoms with Crippen molar-refractivity contribution in [3.05, 3.63) is 29.3 Å². The van der Waals surface area contributed by atoms with E-state index in [2.05, 4.69) is 0 Å². The van der Waals surface area contributed by atoms with E-state index in [-0.39, 0.29) is 6.61 Å². The molecule has 0 heterocycles. The Balaban J connectivity index is 3.01. The average Bonchev–Trinajstić information content (AvgIpc) is 2.28. The minimum atomic E-state index is -0.816. The van der Waals surface area contributed by atoms with Crippen molar-refractivity contribution >= 4 is 0 Å². The highest BCUT2D eigenvalue weighted by molar-refractivity contribution is 5.41. The molecule has 2 atom stereocenters. The molecule has 0 saturated carbocycles. The van der Waals surface area contributed by atoms with Crippen LogP contribution in [-0.2, 0) is 0 Å². The Bertz CT molecular complexity index is 341. The molecule has 0 aliphatic rings. The summed E-state index contributed by atoms with van der Waals surface area (Å²) in [5, 5.41) is 18.9. The van der Waals surface area contributed by atoms with E-state index >= 15 is 0 Å². The molecule has 0 amide bonds. The van der Waals surface area contributed by atoms with Crippen molar-refractivity contribution in [3.8, 4) is 5.75 Å². The number of hydrogen-bond acceptors (Lipinski definition) is 4. The third kappa shape index (κ3) is 2.72. The topological polar surface area (TPSA) is 75.7 Å². The van der Waals surface area contributed by atoms with E-state index in [9.17, 15) is 5.11 Å². The number of aryl methyl sites for hydroxylation is 1. The first-order valence-electron chi connectivity index (χ1n) is 5.29. The van der Waals surface area contributed by atoms with Crippen LogP contribution >= 0.6 is 0 Å². The van der Waals surface area contributed by atoms with Gasteiger partial charge in [0.2, 0.25) is 0 Å². The lowest BCUT2D eigenvalue weighted by atomic mass is 9.96. The Morgan fingerprint density at radius 3 is 2.69 bits per heavy atom. The molecule has 0 aromatic heterocycles. The second-order valence-electron chi connectivity index (χ2n) is 3.81. The first kappa shape index (κ1) is 13.0. The van der Waals surface area contributed by atoms with Crippen LogP contribution in [0.5, 0.6) is 5.75 Å². The summed E-state index contributed by atoms with van der Waals surface area (Å²) in [5.41, 5.74) is 7.42. The van der Waals surface area contributed by atoms with E-state index in [4.69, 9.17) is 15.6 Å². The highest BCUT2D eigenvalue weighted by atomic mass is 16.5. The second kappa shape index (κ2) is 5.84. The van der Waals surface area contributed by atoms with E-state index in [1.54, 1.807) is 13.2 Å². The van der Waals surface area contributed by atoms with Gasteiger partial charge in [-0.3, -0.25) is 0 Å². The molecule has 2 unspecified atom stereocenters. The predicted molar refractivity (Wildman–Crippen MR) is 62.4 cm³/mol.